The molecule has 110 valence electrons. The molecule has 1 N–H and O–H groups in total. The number of fused-ring (bicyclic) bond motifs is 1. The van der Waals surface area contributed by atoms with Crippen LogP contribution in [0.25, 0.3) is 0 Å². The quantitative estimate of drug-likeness (QED) is 0.931. The lowest BCUT2D eigenvalue weighted by atomic mass is 9.95. The van der Waals surface area contributed by atoms with E-state index in [0.717, 1.165) is 36.8 Å². The minimum absolute atomic E-state index is 0.549. The molecule has 1 aliphatic rings. The summed E-state index contributed by atoms with van der Waals surface area (Å²) in [6.07, 6.45) is 1.05. The molecule has 0 aromatic heterocycles. The predicted octanol–water partition coefficient (Wildman–Crippen LogP) is 3.74. The van der Waals surface area contributed by atoms with Gasteiger partial charge in [0.25, 0.3) is 0 Å². The molecular formula is C18H21NO2. The molecule has 0 spiro atoms. The summed E-state index contributed by atoms with van der Waals surface area (Å²) in [5, 5.41) is 3.47. The van der Waals surface area contributed by atoms with Gasteiger partial charge < -0.3 is 14.8 Å². The lowest BCUT2D eigenvalue weighted by molar-refractivity contribution is 0.409. The van der Waals surface area contributed by atoms with Crippen LogP contribution in [0.3, 0.4) is 0 Å². The van der Waals surface area contributed by atoms with Gasteiger partial charge in [0, 0.05) is 12.6 Å². The van der Waals surface area contributed by atoms with Gasteiger partial charge in [-0.05, 0) is 54.3 Å². The highest BCUT2D eigenvalue weighted by Crippen LogP contribution is 2.30. The Morgan fingerprint density at radius 1 is 1.05 bits per heavy atom. The van der Waals surface area contributed by atoms with E-state index >= 15 is 0 Å². The smallest absolute Gasteiger partial charge is 0.131 e. The maximum atomic E-state index is 5.96. The second-order valence-electron chi connectivity index (χ2n) is 5.50. The number of nitrogens with one attached hydrogen (secondary N) is 1. The normalized spacial score (nSPS) is 17.7. The number of benzene rings is 2. The van der Waals surface area contributed by atoms with E-state index < -0.39 is 0 Å². The molecule has 3 nitrogen and oxygen atoms in total. The Labute approximate surface area is 125 Å². The fraction of sp³-hybridized carbons (Fsp3) is 0.333. The SMILES string of the molecule is COc1cccc(Oc2ccc3c(c2)CCNCC3C)c1. The molecule has 0 fully saturated rings. The topological polar surface area (TPSA) is 30.5 Å². The van der Waals surface area contributed by atoms with Gasteiger partial charge >= 0.3 is 0 Å². The van der Waals surface area contributed by atoms with Gasteiger partial charge in [0.2, 0.25) is 0 Å². The molecule has 3 heteroatoms. The van der Waals surface area contributed by atoms with Crippen LogP contribution >= 0.6 is 0 Å². The number of ether oxygens (including phenoxy) is 2. The standard InChI is InChI=1S/C18H21NO2/c1-13-12-19-9-8-14-10-17(6-7-18(13)14)21-16-5-3-4-15(11-16)20-2/h3-7,10-11,13,19H,8-9,12H2,1-2H3. The van der Waals surface area contributed by atoms with Gasteiger partial charge in [-0.3, -0.25) is 0 Å². The average molecular weight is 283 g/mol. The van der Waals surface area contributed by atoms with Crippen molar-refractivity contribution in [3.8, 4) is 17.2 Å². The molecule has 1 aliphatic heterocycles. The van der Waals surface area contributed by atoms with Crippen LogP contribution in [-0.2, 0) is 6.42 Å². The zero-order valence-corrected chi connectivity index (χ0v) is 12.6. The number of hydrogen-bond donors (Lipinski definition) is 1. The Bertz CT molecular complexity index is 624. The Balaban J connectivity index is 1.84. The zero-order valence-electron chi connectivity index (χ0n) is 12.6. The van der Waals surface area contributed by atoms with Crippen molar-refractivity contribution in [2.45, 2.75) is 19.3 Å². The summed E-state index contributed by atoms with van der Waals surface area (Å²) in [5.41, 5.74) is 2.81. The van der Waals surface area contributed by atoms with E-state index in [1.54, 1.807) is 7.11 Å². The molecule has 0 radical (unpaired) electrons. The van der Waals surface area contributed by atoms with E-state index in [1.165, 1.54) is 11.1 Å². The first-order chi connectivity index (χ1) is 10.3. The van der Waals surface area contributed by atoms with Crippen molar-refractivity contribution in [2.24, 2.45) is 0 Å². The molecule has 0 saturated carbocycles. The van der Waals surface area contributed by atoms with Crippen LogP contribution in [0.5, 0.6) is 17.2 Å². The second kappa shape index (κ2) is 6.19. The van der Waals surface area contributed by atoms with E-state index in [0.29, 0.717) is 5.92 Å². The maximum absolute atomic E-state index is 5.96. The summed E-state index contributed by atoms with van der Waals surface area (Å²) < 4.78 is 11.2. The molecule has 3 rings (SSSR count). The number of rotatable bonds is 3. The highest BCUT2D eigenvalue weighted by atomic mass is 16.5. The van der Waals surface area contributed by atoms with Crippen LogP contribution in [-0.4, -0.2) is 20.2 Å². The minimum Gasteiger partial charge on any atom is -0.497 e. The van der Waals surface area contributed by atoms with Crippen LogP contribution in [0.1, 0.15) is 24.0 Å². The molecule has 2 aromatic carbocycles. The Hall–Kier alpha value is -2.00. The van der Waals surface area contributed by atoms with Crippen LogP contribution in [0.15, 0.2) is 42.5 Å². The van der Waals surface area contributed by atoms with Gasteiger partial charge in [0.15, 0.2) is 0 Å². The first-order valence-electron chi connectivity index (χ1n) is 7.41. The highest BCUT2D eigenvalue weighted by Gasteiger charge is 2.15. The van der Waals surface area contributed by atoms with Crippen molar-refractivity contribution in [1.82, 2.24) is 5.32 Å². The van der Waals surface area contributed by atoms with E-state index in [-0.39, 0.29) is 0 Å². The molecule has 0 saturated heterocycles. The molecule has 0 aliphatic carbocycles. The van der Waals surface area contributed by atoms with Crippen molar-refractivity contribution >= 4 is 0 Å². The van der Waals surface area contributed by atoms with Crippen molar-refractivity contribution in [2.75, 3.05) is 20.2 Å². The summed E-state index contributed by atoms with van der Waals surface area (Å²) in [6.45, 7) is 4.34. The van der Waals surface area contributed by atoms with Gasteiger partial charge in [0.05, 0.1) is 7.11 Å². The largest absolute Gasteiger partial charge is 0.497 e. The zero-order chi connectivity index (χ0) is 14.7. The van der Waals surface area contributed by atoms with Crippen molar-refractivity contribution in [1.29, 1.82) is 0 Å². The minimum atomic E-state index is 0.549. The molecule has 21 heavy (non-hydrogen) atoms. The van der Waals surface area contributed by atoms with Crippen LogP contribution in [0.4, 0.5) is 0 Å². The lowest BCUT2D eigenvalue weighted by Crippen LogP contribution is -2.18. The van der Waals surface area contributed by atoms with Gasteiger partial charge in [0.1, 0.15) is 17.2 Å². The van der Waals surface area contributed by atoms with Crippen molar-refractivity contribution in [3.63, 3.8) is 0 Å². The fourth-order valence-electron chi connectivity index (χ4n) is 2.80. The molecule has 1 atom stereocenters. The Morgan fingerprint density at radius 2 is 1.86 bits per heavy atom. The third-order valence-corrected chi connectivity index (χ3v) is 3.94. The molecular weight excluding hydrogens is 262 g/mol. The first kappa shape index (κ1) is 14.0. The van der Waals surface area contributed by atoms with Gasteiger partial charge in [-0.25, -0.2) is 0 Å². The molecule has 1 heterocycles. The Morgan fingerprint density at radius 3 is 2.71 bits per heavy atom. The maximum Gasteiger partial charge on any atom is 0.131 e. The first-order valence-corrected chi connectivity index (χ1v) is 7.41. The van der Waals surface area contributed by atoms with Crippen molar-refractivity contribution in [3.05, 3.63) is 53.6 Å². The summed E-state index contributed by atoms with van der Waals surface area (Å²) in [6, 6.07) is 14.1. The molecule has 0 amide bonds. The van der Waals surface area contributed by atoms with E-state index in [2.05, 4.69) is 30.4 Å². The van der Waals surface area contributed by atoms with Gasteiger partial charge in [-0.15, -0.1) is 0 Å². The third kappa shape index (κ3) is 3.19. The van der Waals surface area contributed by atoms with Gasteiger partial charge in [-0.2, -0.15) is 0 Å². The second-order valence-corrected chi connectivity index (χ2v) is 5.50. The summed E-state index contributed by atoms with van der Waals surface area (Å²) in [7, 11) is 1.66. The molecule has 0 bridgehead atoms. The predicted molar refractivity (Wildman–Crippen MR) is 84.5 cm³/mol. The van der Waals surface area contributed by atoms with Crippen LogP contribution < -0.4 is 14.8 Å². The third-order valence-electron chi connectivity index (χ3n) is 3.94. The lowest BCUT2D eigenvalue weighted by Gasteiger charge is -2.14. The summed E-state index contributed by atoms with van der Waals surface area (Å²) in [4.78, 5) is 0. The summed E-state index contributed by atoms with van der Waals surface area (Å²) >= 11 is 0. The highest BCUT2D eigenvalue weighted by molar-refractivity contribution is 5.42. The van der Waals surface area contributed by atoms with Crippen molar-refractivity contribution < 1.29 is 9.47 Å². The van der Waals surface area contributed by atoms with E-state index in [4.69, 9.17) is 9.47 Å². The molecule has 2 aromatic rings. The van der Waals surface area contributed by atoms with Crippen LogP contribution in [0, 0.1) is 0 Å². The fourth-order valence-corrected chi connectivity index (χ4v) is 2.80. The summed E-state index contributed by atoms with van der Waals surface area (Å²) in [5.74, 6) is 3.04. The van der Waals surface area contributed by atoms with Crippen LogP contribution in [0.2, 0.25) is 0 Å². The van der Waals surface area contributed by atoms with E-state index in [1.807, 2.05) is 24.3 Å². The number of hydrogen-bond acceptors (Lipinski definition) is 3. The van der Waals surface area contributed by atoms with E-state index in [9.17, 15) is 0 Å². The molecule has 1 unspecified atom stereocenters. The number of methoxy groups -OCH3 is 1. The average Bonchev–Trinajstić information content (AvgIpc) is 2.69. The Kier molecular flexibility index (Phi) is 4.11. The monoisotopic (exact) mass is 283 g/mol. The van der Waals surface area contributed by atoms with Gasteiger partial charge in [-0.1, -0.05) is 19.1 Å².